The smallest absolute Gasteiger partial charge is 0.322 e. The van der Waals surface area contributed by atoms with Crippen LogP contribution in [0.1, 0.15) is 50.4 Å². The number of amides is 3. The first-order chi connectivity index (χ1) is 12.6. The Morgan fingerprint density at radius 2 is 2.08 bits per heavy atom. The molecule has 0 aliphatic carbocycles. The van der Waals surface area contributed by atoms with Crippen molar-refractivity contribution >= 4 is 23.3 Å². The number of nitrogens with one attached hydrogen (secondary N) is 2. The van der Waals surface area contributed by atoms with Gasteiger partial charge in [0.1, 0.15) is 6.04 Å². The highest BCUT2D eigenvalue weighted by molar-refractivity contribution is 5.93. The highest BCUT2D eigenvalue weighted by Crippen LogP contribution is 2.31. The standard InChI is InChI=1S/C18H23N5O3/c1-3-6-16(24)20-13-7-4-8-14(11-13)21-18(25)23-10-5-9-15(23)17-19-12(2)22-26-17/h4,7-8,11,15H,3,5-6,9-10H2,1-2H3,(H,20,24)(H,21,25)/t15-/m0/s1. The van der Waals surface area contributed by atoms with Gasteiger partial charge in [0.15, 0.2) is 5.82 Å². The Morgan fingerprint density at radius 3 is 2.77 bits per heavy atom. The Morgan fingerprint density at radius 1 is 1.31 bits per heavy atom. The number of benzene rings is 1. The fourth-order valence-corrected chi connectivity index (χ4v) is 3.04. The van der Waals surface area contributed by atoms with Gasteiger partial charge < -0.3 is 20.1 Å². The summed E-state index contributed by atoms with van der Waals surface area (Å²) in [5.41, 5.74) is 1.28. The van der Waals surface area contributed by atoms with E-state index < -0.39 is 0 Å². The Balaban J connectivity index is 1.66. The molecule has 3 amide bonds. The molecule has 2 heterocycles. The zero-order chi connectivity index (χ0) is 18.5. The molecule has 0 unspecified atom stereocenters. The van der Waals surface area contributed by atoms with E-state index in [-0.39, 0.29) is 18.0 Å². The fourth-order valence-electron chi connectivity index (χ4n) is 3.04. The Kier molecular flexibility index (Phi) is 5.50. The third-order valence-electron chi connectivity index (χ3n) is 4.22. The molecule has 1 fully saturated rings. The maximum atomic E-state index is 12.7. The first kappa shape index (κ1) is 17.9. The highest BCUT2D eigenvalue weighted by Gasteiger charge is 2.33. The van der Waals surface area contributed by atoms with Crippen LogP contribution >= 0.6 is 0 Å². The molecule has 1 aromatic carbocycles. The summed E-state index contributed by atoms with van der Waals surface area (Å²) in [6.07, 6.45) is 2.93. The van der Waals surface area contributed by atoms with Gasteiger partial charge >= 0.3 is 6.03 Å². The van der Waals surface area contributed by atoms with E-state index >= 15 is 0 Å². The Bertz CT molecular complexity index is 789. The molecule has 3 rings (SSSR count). The number of nitrogens with zero attached hydrogens (tertiary/aromatic N) is 3. The van der Waals surface area contributed by atoms with Crippen molar-refractivity contribution in [1.29, 1.82) is 0 Å². The van der Waals surface area contributed by atoms with Crippen LogP contribution in [0.3, 0.4) is 0 Å². The van der Waals surface area contributed by atoms with Gasteiger partial charge in [-0.25, -0.2) is 4.79 Å². The first-order valence-electron chi connectivity index (χ1n) is 8.84. The van der Waals surface area contributed by atoms with Crippen molar-refractivity contribution in [2.75, 3.05) is 17.2 Å². The Labute approximate surface area is 151 Å². The van der Waals surface area contributed by atoms with E-state index in [1.807, 2.05) is 6.92 Å². The van der Waals surface area contributed by atoms with Crippen LogP contribution in [0, 0.1) is 6.92 Å². The van der Waals surface area contributed by atoms with E-state index in [0.29, 0.717) is 36.1 Å². The lowest BCUT2D eigenvalue weighted by Crippen LogP contribution is -2.34. The lowest BCUT2D eigenvalue weighted by Gasteiger charge is -2.22. The second-order valence-electron chi connectivity index (χ2n) is 6.34. The van der Waals surface area contributed by atoms with Crippen LogP contribution in [0.4, 0.5) is 16.2 Å². The summed E-state index contributed by atoms with van der Waals surface area (Å²) in [6.45, 7) is 4.34. The summed E-state index contributed by atoms with van der Waals surface area (Å²) in [6, 6.07) is 6.69. The lowest BCUT2D eigenvalue weighted by atomic mass is 10.2. The SMILES string of the molecule is CCCC(=O)Nc1cccc(NC(=O)N2CCC[C@H]2c2nc(C)no2)c1. The zero-order valence-electron chi connectivity index (χ0n) is 15.0. The summed E-state index contributed by atoms with van der Waals surface area (Å²) in [7, 11) is 0. The van der Waals surface area contributed by atoms with E-state index in [4.69, 9.17) is 4.52 Å². The molecule has 1 aliphatic rings. The zero-order valence-corrected chi connectivity index (χ0v) is 15.0. The number of rotatable bonds is 5. The third-order valence-corrected chi connectivity index (χ3v) is 4.22. The van der Waals surface area contributed by atoms with Gasteiger partial charge in [0.25, 0.3) is 0 Å². The second kappa shape index (κ2) is 7.99. The van der Waals surface area contributed by atoms with Crippen LogP contribution in [0.25, 0.3) is 0 Å². The number of hydrogen-bond acceptors (Lipinski definition) is 5. The van der Waals surface area contributed by atoms with Gasteiger partial charge in [0.2, 0.25) is 11.8 Å². The molecular formula is C18H23N5O3. The van der Waals surface area contributed by atoms with Crippen LogP contribution < -0.4 is 10.6 Å². The molecule has 1 aliphatic heterocycles. The largest absolute Gasteiger partial charge is 0.337 e. The summed E-state index contributed by atoms with van der Waals surface area (Å²) in [4.78, 5) is 30.4. The van der Waals surface area contributed by atoms with Gasteiger partial charge in [-0.1, -0.05) is 18.1 Å². The van der Waals surface area contributed by atoms with Crippen LogP contribution in [0.5, 0.6) is 0 Å². The summed E-state index contributed by atoms with van der Waals surface area (Å²) < 4.78 is 5.23. The van der Waals surface area contributed by atoms with Crippen molar-refractivity contribution in [2.24, 2.45) is 0 Å². The number of aromatic nitrogens is 2. The first-order valence-corrected chi connectivity index (χ1v) is 8.84. The number of carbonyl (C=O) groups excluding carboxylic acids is 2. The molecule has 1 atom stereocenters. The molecule has 0 radical (unpaired) electrons. The minimum atomic E-state index is -0.222. The van der Waals surface area contributed by atoms with Crippen molar-refractivity contribution in [3.8, 4) is 0 Å². The van der Waals surface area contributed by atoms with E-state index in [2.05, 4.69) is 20.8 Å². The summed E-state index contributed by atoms with van der Waals surface area (Å²) >= 11 is 0. The van der Waals surface area contributed by atoms with Gasteiger partial charge in [-0.2, -0.15) is 4.98 Å². The molecule has 0 spiro atoms. The van der Waals surface area contributed by atoms with Crippen LogP contribution in [-0.4, -0.2) is 33.5 Å². The van der Waals surface area contributed by atoms with Gasteiger partial charge in [0.05, 0.1) is 0 Å². The average molecular weight is 357 g/mol. The molecule has 8 nitrogen and oxygen atoms in total. The van der Waals surface area contributed by atoms with E-state index in [9.17, 15) is 9.59 Å². The van der Waals surface area contributed by atoms with E-state index in [1.165, 1.54) is 0 Å². The number of aryl methyl sites for hydroxylation is 1. The quantitative estimate of drug-likeness (QED) is 0.853. The van der Waals surface area contributed by atoms with Crippen LogP contribution in [0.2, 0.25) is 0 Å². The predicted octanol–water partition coefficient (Wildman–Crippen LogP) is 3.49. The van der Waals surface area contributed by atoms with Crippen molar-refractivity contribution in [3.05, 3.63) is 36.0 Å². The van der Waals surface area contributed by atoms with Crippen molar-refractivity contribution in [2.45, 2.75) is 45.6 Å². The number of likely N-dealkylation sites (tertiary alicyclic amines) is 1. The molecule has 1 saturated heterocycles. The van der Waals surface area contributed by atoms with Crippen molar-refractivity contribution < 1.29 is 14.1 Å². The monoisotopic (exact) mass is 357 g/mol. The fraction of sp³-hybridized carbons (Fsp3) is 0.444. The number of hydrogen-bond donors (Lipinski definition) is 2. The Hall–Kier alpha value is -2.90. The molecule has 2 N–H and O–H groups in total. The molecule has 8 heteroatoms. The van der Waals surface area contributed by atoms with Gasteiger partial charge in [-0.15, -0.1) is 0 Å². The number of carbonyl (C=O) groups is 2. The predicted molar refractivity (Wildman–Crippen MR) is 96.7 cm³/mol. The van der Waals surface area contributed by atoms with Gasteiger partial charge in [-0.05, 0) is 44.4 Å². The van der Waals surface area contributed by atoms with Crippen molar-refractivity contribution in [3.63, 3.8) is 0 Å². The molecular weight excluding hydrogens is 334 g/mol. The minimum absolute atomic E-state index is 0.0395. The molecule has 2 aromatic rings. The normalized spacial score (nSPS) is 16.5. The third kappa shape index (κ3) is 4.19. The molecule has 1 aromatic heterocycles. The summed E-state index contributed by atoms with van der Waals surface area (Å²) in [5, 5.41) is 9.52. The number of urea groups is 1. The highest BCUT2D eigenvalue weighted by atomic mass is 16.5. The topological polar surface area (TPSA) is 100 Å². The maximum absolute atomic E-state index is 12.7. The summed E-state index contributed by atoms with van der Waals surface area (Å²) in [5.74, 6) is 0.987. The number of anilines is 2. The molecule has 26 heavy (non-hydrogen) atoms. The lowest BCUT2D eigenvalue weighted by molar-refractivity contribution is -0.116. The van der Waals surface area contributed by atoms with Crippen LogP contribution in [-0.2, 0) is 4.79 Å². The van der Waals surface area contributed by atoms with E-state index in [1.54, 1.807) is 36.1 Å². The van der Waals surface area contributed by atoms with Gasteiger partial charge in [0, 0.05) is 24.3 Å². The second-order valence-corrected chi connectivity index (χ2v) is 6.34. The maximum Gasteiger partial charge on any atom is 0.322 e. The van der Waals surface area contributed by atoms with Crippen molar-refractivity contribution in [1.82, 2.24) is 15.0 Å². The minimum Gasteiger partial charge on any atom is -0.337 e. The molecule has 138 valence electrons. The molecule has 0 bridgehead atoms. The van der Waals surface area contributed by atoms with Crippen LogP contribution in [0.15, 0.2) is 28.8 Å². The van der Waals surface area contributed by atoms with Gasteiger partial charge in [-0.3, -0.25) is 4.79 Å². The van der Waals surface area contributed by atoms with E-state index in [0.717, 1.165) is 19.3 Å². The molecule has 0 saturated carbocycles. The average Bonchev–Trinajstić information content (AvgIpc) is 3.24.